The third-order valence-electron chi connectivity index (χ3n) is 2.82. The van der Waals surface area contributed by atoms with Crippen molar-refractivity contribution in [2.75, 3.05) is 26.2 Å². The van der Waals surface area contributed by atoms with Crippen LogP contribution in [-0.2, 0) is 10.0 Å². The third kappa shape index (κ3) is 1.85. The molecule has 5 heteroatoms. The Morgan fingerprint density at radius 3 is 2.79 bits per heavy atom. The van der Waals surface area contributed by atoms with Gasteiger partial charge in [-0.3, -0.25) is 0 Å². The lowest BCUT2D eigenvalue weighted by Crippen LogP contribution is -2.41. The van der Waals surface area contributed by atoms with Gasteiger partial charge in [-0.05, 0) is 19.4 Å². The summed E-state index contributed by atoms with van der Waals surface area (Å²) in [6, 6.07) is 0. The Morgan fingerprint density at radius 1 is 1.36 bits per heavy atom. The van der Waals surface area contributed by atoms with Crippen LogP contribution in [0.4, 0.5) is 0 Å². The Kier molecular flexibility index (Phi) is 2.90. The van der Waals surface area contributed by atoms with E-state index in [4.69, 9.17) is 0 Å². The molecule has 0 radical (unpaired) electrons. The van der Waals surface area contributed by atoms with E-state index in [1.807, 2.05) is 12.2 Å². The SMILES string of the molecule is O=S(=O)(C1CCNC1)N1CC=CCC1. The zero-order valence-electron chi connectivity index (χ0n) is 8.15. The monoisotopic (exact) mass is 216 g/mol. The highest BCUT2D eigenvalue weighted by Crippen LogP contribution is 2.17. The van der Waals surface area contributed by atoms with Gasteiger partial charge in [-0.15, -0.1) is 0 Å². The average molecular weight is 216 g/mol. The van der Waals surface area contributed by atoms with Gasteiger partial charge < -0.3 is 5.32 Å². The van der Waals surface area contributed by atoms with Gasteiger partial charge >= 0.3 is 0 Å². The largest absolute Gasteiger partial charge is 0.315 e. The van der Waals surface area contributed by atoms with Crippen molar-refractivity contribution in [2.24, 2.45) is 0 Å². The summed E-state index contributed by atoms with van der Waals surface area (Å²) in [5.74, 6) is 0. The zero-order valence-corrected chi connectivity index (χ0v) is 8.96. The van der Waals surface area contributed by atoms with Crippen molar-refractivity contribution in [1.82, 2.24) is 9.62 Å². The molecular formula is C9H16N2O2S. The molecule has 1 atom stereocenters. The van der Waals surface area contributed by atoms with Gasteiger partial charge in [-0.2, -0.15) is 4.31 Å². The maximum atomic E-state index is 12.0. The van der Waals surface area contributed by atoms with E-state index in [-0.39, 0.29) is 5.25 Å². The molecule has 0 aromatic heterocycles. The molecule has 0 saturated carbocycles. The number of sulfonamides is 1. The smallest absolute Gasteiger partial charge is 0.218 e. The van der Waals surface area contributed by atoms with Crippen LogP contribution in [0.1, 0.15) is 12.8 Å². The summed E-state index contributed by atoms with van der Waals surface area (Å²) in [5, 5.41) is 2.89. The fourth-order valence-corrected chi connectivity index (χ4v) is 3.76. The first-order chi connectivity index (χ1) is 6.71. The third-order valence-corrected chi connectivity index (χ3v) is 5.11. The van der Waals surface area contributed by atoms with Crippen molar-refractivity contribution in [3.8, 4) is 0 Å². The summed E-state index contributed by atoms with van der Waals surface area (Å²) in [4.78, 5) is 0. The van der Waals surface area contributed by atoms with Crippen molar-refractivity contribution in [3.63, 3.8) is 0 Å². The molecule has 0 bridgehead atoms. The highest BCUT2D eigenvalue weighted by atomic mass is 32.2. The van der Waals surface area contributed by atoms with Crippen LogP contribution in [0.15, 0.2) is 12.2 Å². The summed E-state index contributed by atoms with van der Waals surface area (Å²) in [7, 11) is -3.04. The molecule has 1 fully saturated rings. The Labute approximate surface area is 85.0 Å². The van der Waals surface area contributed by atoms with Crippen molar-refractivity contribution >= 4 is 10.0 Å². The van der Waals surface area contributed by atoms with Gasteiger partial charge in [0.15, 0.2) is 0 Å². The number of hydrogen-bond acceptors (Lipinski definition) is 3. The Morgan fingerprint density at radius 2 is 2.21 bits per heavy atom. The summed E-state index contributed by atoms with van der Waals surface area (Å²) >= 11 is 0. The molecular weight excluding hydrogens is 200 g/mol. The molecule has 2 heterocycles. The van der Waals surface area contributed by atoms with Crippen molar-refractivity contribution in [3.05, 3.63) is 12.2 Å². The maximum Gasteiger partial charge on any atom is 0.218 e. The molecule has 2 aliphatic heterocycles. The van der Waals surface area contributed by atoms with Crippen molar-refractivity contribution in [2.45, 2.75) is 18.1 Å². The first kappa shape index (κ1) is 10.1. The van der Waals surface area contributed by atoms with Crippen LogP contribution < -0.4 is 5.32 Å². The topological polar surface area (TPSA) is 49.4 Å². The normalized spacial score (nSPS) is 29.6. The van der Waals surface area contributed by atoms with Gasteiger partial charge in [0.05, 0.1) is 5.25 Å². The van der Waals surface area contributed by atoms with Crippen LogP contribution in [0.2, 0.25) is 0 Å². The fraction of sp³-hybridized carbons (Fsp3) is 0.778. The van der Waals surface area contributed by atoms with Gasteiger partial charge in [-0.25, -0.2) is 8.42 Å². The molecule has 2 rings (SSSR count). The molecule has 0 amide bonds. The molecule has 4 nitrogen and oxygen atoms in total. The zero-order chi connectivity index (χ0) is 10.0. The number of nitrogens with one attached hydrogen (secondary N) is 1. The lowest BCUT2D eigenvalue weighted by molar-refractivity contribution is 0.429. The summed E-state index contributed by atoms with van der Waals surface area (Å²) in [6.07, 6.45) is 5.57. The van der Waals surface area contributed by atoms with Gasteiger partial charge in [0.1, 0.15) is 0 Å². The van der Waals surface area contributed by atoms with Gasteiger partial charge in [0, 0.05) is 19.6 Å². The number of hydrogen-bond donors (Lipinski definition) is 1. The van der Waals surface area contributed by atoms with Crippen LogP contribution >= 0.6 is 0 Å². The van der Waals surface area contributed by atoms with Gasteiger partial charge in [-0.1, -0.05) is 12.2 Å². The van der Waals surface area contributed by atoms with E-state index < -0.39 is 10.0 Å². The molecule has 14 heavy (non-hydrogen) atoms. The van der Waals surface area contributed by atoms with E-state index in [1.165, 1.54) is 0 Å². The molecule has 0 aliphatic carbocycles. The summed E-state index contributed by atoms with van der Waals surface area (Å²) < 4.78 is 25.7. The van der Waals surface area contributed by atoms with E-state index in [2.05, 4.69) is 5.32 Å². The second-order valence-corrected chi connectivity index (χ2v) is 5.99. The second kappa shape index (κ2) is 4.00. The van der Waals surface area contributed by atoms with Gasteiger partial charge in [0.2, 0.25) is 10.0 Å². The Hall–Kier alpha value is -0.390. The highest BCUT2D eigenvalue weighted by molar-refractivity contribution is 7.89. The lowest BCUT2D eigenvalue weighted by Gasteiger charge is -2.25. The predicted molar refractivity (Wildman–Crippen MR) is 55.5 cm³/mol. The number of rotatable bonds is 2. The molecule has 0 aromatic rings. The highest BCUT2D eigenvalue weighted by Gasteiger charge is 2.33. The standard InChI is InChI=1S/C9H16N2O2S/c12-14(13,9-4-5-10-8-9)11-6-2-1-3-7-11/h1-2,9-10H,3-8H2. The molecule has 1 N–H and O–H groups in total. The molecule has 1 saturated heterocycles. The molecule has 0 spiro atoms. The summed E-state index contributed by atoms with van der Waals surface area (Å²) in [5.41, 5.74) is 0. The average Bonchev–Trinajstić information content (AvgIpc) is 2.72. The van der Waals surface area contributed by atoms with Crippen LogP contribution in [0.5, 0.6) is 0 Å². The van der Waals surface area contributed by atoms with E-state index in [1.54, 1.807) is 4.31 Å². The van der Waals surface area contributed by atoms with Crippen LogP contribution in [0.3, 0.4) is 0 Å². The first-order valence-electron chi connectivity index (χ1n) is 5.06. The molecule has 1 unspecified atom stereocenters. The van der Waals surface area contributed by atoms with Crippen LogP contribution in [-0.4, -0.2) is 44.2 Å². The summed E-state index contributed by atoms with van der Waals surface area (Å²) in [6.45, 7) is 2.64. The van der Waals surface area contributed by atoms with E-state index >= 15 is 0 Å². The first-order valence-corrected chi connectivity index (χ1v) is 6.56. The minimum atomic E-state index is -3.04. The Bertz CT molecular complexity index is 318. The number of nitrogens with zero attached hydrogens (tertiary/aromatic N) is 1. The lowest BCUT2D eigenvalue weighted by atomic mass is 10.3. The van der Waals surface area contributed by atoms with E-state index in [0.717, 1.165) is 19.4 Å². The minimum Gasteiger partial charge on any atom is -0.315 e. The fourth-order valence-electron chi connectivity index (χ4n) is 1.94. The second-order valence-electron chi connectivity index (χ2n) is 3.78. The van der Waals surface area contributed by atoms with E-state index in [0.29, 0.717) is 19.6 Å². The maximum absolute atomic E-state index is 12.0. The Balaban J connectivity index is 2.10. The van der Waals surface area contributed by atoms with Crippen molar-refractivity contribution in [1.29, 1.82) is 0 Å². The van der Waals surface area contributed by atoms with Crippen LogP contribution in [0, 0.1) is 0 Å². The molecule has 2 aliphatic rings. The molecule has 80 valence electrons. The van der Waals surface area contributed by atoms with Crippen LogP contribution in [0.25, 0.3) is 0 Å². The molecule has 0 aromatic carbocycles. The van der Waals surface area contributed by atoms with Crippen molar-refractivity contribution < 1.29 is 8.42 Å². The minimum absolute atomic E-state index is 0.200. The van der Waals surface area contributed by atoms with Gasteiger partial charge in [0.25, 0.3) is 0 Å². The quantitative estimate of drug-likeness (QED) is 0.658. The predicted octanol–water partition coefficient (Wildman–Crippen LogP) is -0.0600. The van der Waals surface area contributed by atoms with E-state index in [9.17, 15) is 8.42 Å².